The van der Waals surface area contributed by atoms with Crippen LogP contribution >= 0.6 is 12.6 Å². The number of thiol groups is 1. The number of carbonyl (C=O) groups excluding carboxylic acids is 2. The van der Waals surface area contributed by atoms with Crippen molar-refractivity contribution in [2.75, 3.05) is 0 Å². The van der Waals surface area contributed by atoms with Crippen molar-refractivity contribution in [1.29, 1.82) is 0 Å². The topological polar surface area (TPSA) is 110 Å². The van der Waals surface area contributed by atoms with Crippen LogP contribution in [0.4, 0.5) is 0 Å². The Bertz CT molecular complexity index is 1110. The number of carbonyl (C=O) groups is 3. The maximum atomic E-state index is 13.0. The van der Waals surface area contributed by atoms with Gasteiger partial charge < -0.3 is 5.11 Å². The van der Waals surface area contributed by atoms with Crippen LogP contribution in [0, 0.1) is 11.8 Å². The van der Waals surface area contributed by atoms with Gasteiger partial charge in [-0.1, -0.05) is 6.07 Å². The molecule has 2 amide bonds. The fraction of sp³-hybridized carbons (Fsp3) is 0.545. The number of carboxylic acid groups (broad SMARTS) is 1. The van der Waals surface area contributed by atoms with Gasteiger partial charge in [-0.25, -0.2) is 4.79 Å². The smallest absolute Gasteiger partial charge is 0.330 e. The number of carboxylic acids is 1. The Labute approximate surface area is 185 Å². The molecule has 2 heterocycles. The van der Waals surface area contributed by atoms with Crippen molar-refractivity contribution in [2.24, 2.45) is 18.9 Å². The van der Waals surface area contributed by atoms with E-state index in [0.29, 0.717) is 11.4 Å². The van der Waals surface area contributed by atoms with Gasteiger partial charge in [0.1, 0.15) is 0 Å². The van der Waals surface area contributed by atoms with Gasteiger partial charge in [0, 0.05) is 19.9 Å². The van der Waals surface area contributed by atoms with Crippen molar-refractivity contribution < 1.29 is 19.5 Å². The Morgan fingerprint density at radius 2 is 1.84 bits per heavy atom. The molecule has 2 aromatic rings. The third-order valence-electron chi connectivity index (χ3n) is 6.76. The van der Waals surface area contributed by atoms with E-state index in [-0.39, 0.29) is 36.8 Å². The van der Waals surface area contributed by atoms with Crippen LogP contribution in [0.1, 0.15) is 50.5 Å². The molecule has 0 spiro atoms. The van der Waals surface area contributed by atoms with E-state index in [1.54, 1.807) is 7.05 Å². The van der Waals surface area contributed by atoms with Gasteiger partial charge >= 0.3 is 11.7 Å². The molecule has 1 unspecified atom stereocenters. The predicted octanol–water partition coefficient (Wildman–Crippen LogP) is 2.18. The van der Waals surface area contributed by atoms with Gasteiger partial charge in [0.15, 0.2) is 4.87 Å². The van der Waals surface area contributed by atoms with Crippen LogP contribution in [0.2, 0.25) is 0 Å². The molecule has 0 radical (unpaired) electrons. The fourth-order valence-corrected chi connectivity index (χ4v) is 5.35. The molecule has 166 valence electrons. The molecule has 1 aromatic heterocycles. The SMILES string of the molecule is Cn1c(=O)n(C2(S)CCC(=O)NC2=O)c2ccc(C[C@H]3CC[C@@H](CC(=O)O)CC3)cc21. The normalized spacial score (nSPS) is 26.8. The van der Waals surface area contributed by atoms with Gasteiger partial charge in [0.05, 0.1) is 11.0 Å². The molecular weight excluding hydrogens is 418 g/mol. The number of hydrogen-bond acceptors (Lipinski definition) is 5. The van der Waals surface area contributed by atoms with Crippen molar-refractivity contribution in [3.63, 3.8) is 0 Å². The molecule has 1 aliphatic heterocycles. The largest absolute Gasteiger partial charge is 0.481 e. The molecule has 1 saturated heterocycles. The molecule has 1 saturated carbocycles. The maximum Gasteiger partial charge on any atom is 0.330 e. The predicted molar refractivity (Wildman–Crippen MR) is 118 cm³/mol. The standard InChI is InChI=1S/C22H27N3O5S/c1-24-17-11-15(10-13-2-4-14(5-3-13)12-19(27)28)6-7-16(17)25(21(24)30)22(31)9-8-18(26)23-20(22)29/h6-7,11,13-14,31H,2-5,8-10,12H2,1H3,(H,27,28)(H,23,26,29)/t13-,14+,22?. The number of benzene rings is 1. The van der Waals surface area contributed by atoms with E-state index in [9.17, 15) is 19.2 Å². The quantitative estimate of drug-likeness (QED) is 0.483. The highest BCUT2D eigenvalue weighted by Gasteiger charge is 2.43. The molecule has 1 atom stereocenters. The summed E-state index contributed by atoms with van der Waals surface area (Å²) in [6.07, 6.45) is 5.28. The Balaban J connectivity index is 1.58. The third-order valence-corrected chi connectivity index (χ3v) is 7.39. The monoisotopic (exact) mass is 445 g/mol. The zero-order valence-electron chi connectivity index (χ0n) is 17.5. The molecule has 2 fully saturated rings. The van der Waals surface area contributed by atoms with Crippen molar-refractivity contribution >= 4 is 41.4 Å². The molecule has 1 aromatic carbocycles. The minimum atomic E-state index is -1.41. The van der Waals surface area contributed by atoms with Crippen LogP contribution in [0.15, 0.2) is 23.0 Å². The highest BCUT2D eigenvalue weighted by atomic mass is 32.1. The van der Waals surface area contributed by atoms with Gasteiger partial charge in [-0.2, -0.15) is 0 Å². The minimum Gasteiger partial charge on any atom is -0.481 e. The molecule has 2 N–H and O–H groups in total. The molecule has 2 aliphatic rings. The van der Waals surface area contributed by atoms with Crippen LogP contribution in [-0.2, 0) is 32.7 Å². The molecular formula is C22H27N3O5S. The van der Waals surface area contributed by atoms with E-state index in [2.05, 4.69) is 17.9 Å². The number of nitrogens with one attached hydrogen (secondary N) is 1. The number of fused-ring (bicyclic) bond motifs is 1. The van der Waals surface area contributed by atoms with Crippen molar-refractivity contribution in [2.45, 2.75) is 56.2 Å². The Morgan fingerprint density at radius 1 is 1.16 bits per heavy atom. The van der Waals surface area contributed by atoms with Crippen LogP contribution in [0.5, 0.6) is 0 Å². The summed E-state index contributed by atoms with van der Waals surface area (Å²) in [5.41, 5.74) is 2.10. The second-order valence-corrected chi connectivity index (χ2v) is 9.62. The van der Waals surface area contributed by atoms with E-state index in [1.165, 1.54) is 9.13 Å². The zero-order chi connectivity index (χ0) is 22.3. The second kappa shape index (κ2) is 8.18. The van der Waals surface area contributed by atoms with Crippen molar-refractivity contribution in [1.82, 2.24) is 14.5 Å². The summed E-state index contributed by atoms with van der Waals surface area (Å²) in [6.45, 7) is 0. The van der Waals surface area contributed by atoms with Crippen molar-refractivity contribution in [3.05, 3.63) is 34.2 Å². The van der Waals surface area contributed by atoms with Gasteiger partial charge in [-0.05, 0) is 68.1 Å². The highest BCUT2D eigenvalue weighted by molar-refractivity contribution is 7.82. The number of hydrogen-bond donors (Lipinski definition) is 3. The number of imide groups is 1. The molecule has 9 heteroatoms. The van der Waals surface area contributed by atoms with Crippen molar-refractivity contribution in [3.8, 4) is 0 Å². The second-order valence-electron chi connectivity index (χ2n) is 8.88. The van der Waals surface area contributed by atoms with E-state index >= 15 is 0 Å². The Kier molecular flexibility index (Phi) is 5.72. The van der Waals surface area contributed by atoms with Crippen LogP contribution in [0.25, 0.3) is 11.0 Å². The average molecular weight is 446 g/mol. The Hall–Kier alpha value is -2.55. The van der Waals surface area contributed by atoms with Gasteiger partial charge in [0.2, 0.25) is 5.91 Å². The molecule has 4 rings (SSSR count). The Morgan fingerprint density at radius 3 is 2.48 bits per heavy atom. The van der Waals surface area contributed by atoms with Crippen LogP contribution in [-0.4, -0.2) is 32.0 Å². The first-order chi connectivity index (χ1) is 14.7. The number of imidazole rings is 1. The molecule has 0 bridgehead atoms. The van der Waals surface area contributed by atoms with Gasteiger partial charge in [0.25, 0.3) is 5.91 Å². The summed E-state index contributed by atoms with van der Waals surface area (Å²) in [6, 6.07) is 5.81. The summed E-state index contributed by atoms with van der Waals surface area (Å²) in [5, 5.41) is 11.3. The number of aryl methyl sites for hydroxylation is 1. The lowest BCUT2D eigenvalue weighted by molar-refractivity contribution is -0.139. The summed E-state index contributed by atoms with van der Waals surface area (Å²) in [4.78, 5) is 46.6. The number of amides is 2. The fourth-order valence-electron chi connectivity index (χ4n) is 4.99. The first-order valence-corrected chi connectivity index (χ1v) is 11.1. The maximum absolute atomic E-state index is 13.0. The summed E-state index contributed by atoms with van der Waals surface area (Å²) in [5.74, 6) is -0.899. The average Bonchev–Trinajstić information content (AvgIpc) is 2.97. The molecule has 8 nitrogen and oxygen atoms in total. The highest BCUT2D eigenvalue weighted by Crippen LogP contribution is 2.35. The third kappa shape index (κ3) is 4.03. The lowest BCUT2D eigenvalue weighted by Crippen LogP contribution is -2.54. The van der Waals surface area contributed by atoms with E-state index in [0.717, 1.165) is 43.2 Å². The minimum absolute atomic E-state index is 0.126. The van der Waals surface area contributed by atoms with Gasteiger partial charge in [-0.3, -0.25) is 28.8 Å². The summed E-state index contributed by atoms with van der Waals surface area (Å²) < 4.78 is 2.90. The summed E-state index contributed by atoms with van der Waals surface area (Å²) in [7, 11) is 1.67. The van der Waals surface area contributed by atoms with Gasteiger partial charge in [-0.15, -0.1) is 12.6 Å². The zero-order valence-corrected chi connectivity index (χ0v) is 18.4. The number of aromatic nitrogens is 2. The van der Waals surface area contributed by atoms with Crippen LogP contribution in [0.3, 0.4) is 0 Å². The lowest BCUT2D eigenvalue weighted by Gasteiger charge is -2.31. The number of piperidine rings is 1. The molecule has 31 heavy (non-hydrogen) atoms. The first kappa shape index (κ1) is 21.7. The number of nitrogens with zero attached hydrogens (tertiary/aromatic N) is 2. The number of rotatable bonds is 5. The van der Waals surface area contributed by atoms with E-state index in [4.69, 9.17) is 5.11 Å². The van der Waals surface area contributed by atoms with Crippen LogP contribution < -0.4 is 11.0 Å². The van der Waals surface area contributed by atoms with E-state index in [1.807, 2.05) is 18.2 Å². The number of aliphatic carboxylic acids is 1. The van der Waals surface area contributed by atoms with E-state index < -0.39 is 16.7 Å². The molecule has 1 aliphatic carbocycles. The summed E-state index contributed by atoms with van der Waals surface area (Å²) >= 11 is 4.54. The first-order valence-electron chi connectivity index (χ1n) is 10.7. The lowest BCUT2D eigenvalue weighted by atomic mass is 9.78.